The van der Waals surface area contributed by atoms with Gasteiger partial charge in [-0.2, -0.15) is 4.39 Å². The summed E-state index contributed by atoms with van der Waals surface area (Å²) in [5.74, 6) is 0.344. The maximum atomic E-state index is 14.3. The van der Waals surface area contributed by atoms with E-state index in [0.717, 1.165) is 19.3 Å². The zero-order valence-electron chi connectivity index (χ0n) is 15.8. The first kappa shape index (κ1) is 20.8. The number of hydrogen-bond acceptors (Lipinski definition) is 3. The Morgan fingerprint density at radius 3 is 2.19 bits per heavy atom. The Morgan fingerprint density at radius 1 is 0.926 bits per heavy atom. The second-order valence-electron chi connectivity index (χ2n) is 6.50. The first-order valence-electron chi connectivity index (χ1n) is 9.57. The van der Waals surface area contributed by atoms with Crippen LogP contribution in [-0.4, -0.2) is 16.6 Å². The quantitative estimate of drug-likeness (QED) is 0.363. The predicted molar refractivity (Wildman–Crippen MR) is 103 cm³/mol. The first-order valence-corrected chi connectivity index (χ1v) is 9.57. The summed E-state index contributed by atoms with van der Waals surface area (Å²) < 4.78 is 34.0. The third-order valence-corrected chi connectivity index (χ3v) is 4.36. The monoisotopic (exact) mass is 372 g/mol. The fourth-order valence-electron chi connectivity index (χ4n) is 2.78. The molecule has 0 unspecified atom stereocenters. The molecule has 1 aromatic carbocycles. The minimum atomic E-state index is -1.02. The number of unbranched alkanes of at least 4 members (excludes halogenated alkanes) is 7. The lowest BCUT2D eigenvalue weighted by atomic mass is 10.1. The van der Waals surface area contributed by atoms with Crippen LogP contribution in [0.2, 0.25) is 0 Å². The molecule has 1 aromatic heterocycles. The van der Waals surface area contributed by atoms with Crippen molar-refractivity contribution in [3.05, 3.63) is 41.7 Å². The molecule has 0 atom stereocenters. The van der Waals surface area contributed by atoms with Gasteiger partial charge in [-0.15, -0.1) is 6.42 Å². The van der Waals surface area contributed by atoms with Crippen LogP contribution < -0.4 is 4.74 Å². The molecule has 1 heterocycles. The summed E-state index contributed by atoms with van der Waals surface area (Å²) in [4.78, 5) is 7.95. The van der Waals surface area contributed by atoms with Crippen LogP contribution in [0.25, 0.3) is 11.4 Å². The van der Waals surface area contributed by atoms with Crippen molar-refractivity contribution in [1.29, 1.82) is 0 Å². The highest BCUT2D eigenvalue weighted by molar-refractivity contribution is 5.58. The van der Waals surface area contributed by atoms with E-state index in [1.165, 1.54) is 56.6 Å². The molecule has 0 saturated carbocycles. The molecule has 0 spiro atoms. The van der Waals surface area contributed by atoms with Crippen LogP contribution in [0.15, 0.2) is 24.5 Å². The average molecular weight is 372 g/mol. The Kier molecular flexibility index (Phi) is 8.70. The van der Waals surface area contributed by atoms with Crippen LogP contribution in [-0.2, 0) is 0 Å². The number of halogens is 2. The molecule has 2 aromatic rings. The normalized spacial score (nSPS) is 10.6. The van der Waals surface area contributed by atoms with Gasteiger partial charge in [0.2, 0.25) is 5.82 Å². The maximum absolute atomic E-state index is 14.3. The Hall–Kier alpha value is -2.48. The lowest BCUT2D eigenvalue weighted by molar-refractivity contribution is 0.285. The van der Waals surface area contributed by atoms with E-state index >= 15 is 0 Å². The summed E-state index contributed by atoms with van der Waals surface area (Å²) in [6.07, 6.45) is 17.3. The van der Waals surface area contributed by atoms with E-state index in [1.54, 1.807) is 0 Å². The summed E-state index contributed by atoms with van der Waals surface area (Å²) in [5.41, 5.74) is 0.459. The van der Waals surface area contributed by atoms with E-state index in [2.05, 4.69) is 22.8 Å². The molecule has 2 rings (SSSR count). The average Bonchev–Trinajstić information content (AvgIpc) is 2.70. The van der Waals surface area contributed by atoms with Gasteiger partial charge in [0, 0.05) is 12.4 Å². The van der Waals surface area contributed by atoms with Crippen molar-refractivity contribution in [3.8, 4) is 29.5 Å². The van der Waals surface area contributed by atoms with E-state index < -0.39 is 11.6 Å². The number of terminal acetylenes is 1. The van der Waals surface area contributed by atoms with Crippen molar-refractivity contribution in [3.63, 3.8) is 0 Å². The van der Waals surface area contributed by atoms with Crippen molar-refractivity contribution in [2.45, 2.75) is 58.3 Å². The number of benzene rings is 1. The molecule has 3 nitrogen and oxygen atoms in total. The van der Waals surface area contributed by atoms with Gasteiger partial charge in [0.25, 0.3) is 0 Å². The number of ether oxygens (including phenoxy) is 1. The van der Waals surface area contributed by atoms with E-state index in [4.69, 9.17) is 11.2 Å². The summed E-state index contributed by atoms with van der Waals surface area (Å²) in [6, 6.07) is 2.84. The second kappa shape index (κ2) is 11.3. The van der Waals surface area contributed by atoms with Crippen LogP contribution >= 0.6 is 0 Å². The zero-order valence-corrected chi connectivity index (χ0v) is 15.8. The first-order chi connectivity index (χ1) is 13.2. The molecule has 0 aliphatic carbocycles. The second-order valence-corrected chi connectivity index (χ2v) is 6.50. The van der Waals surface area contributed by atoms with Gasteiger partial charge < -0.3 is 4.74 Å². The molecule has 0 fully saturated rings. The lowest BCUT2D eigenvalue weighted by Gasteiger charge is -2.10. The standard InChI is InChI=1S/C22H26F2N2O/c1-3-5-6-7-8-9-10-11-14-27-19-13-12-18(20(23)21(19)24)22-25-15-17(4-2)16-26-22/h2,12-13,15-16H,3,5-11,14H2,1H3. The number of nitrogens with zero attached hydrogens (tertiary/aromatic N) is 2. The van der Waals surface area contributed by atoms with Crippen molar-refractivity contribution < 1.29 is 13.5 Å². The predicted octanol–water partition coefficient (Wildman–Crippen LogP) is 5.92. The van der Waals surface area contributed by atoms with Crippen LogP contribution in [0, 0.1) is 24.0 Å². The number of aromatic nitrogens is 2. The molecular weight excluding hydrogens is 346 g/mol. The van der Waals surface area contributed by atoms with Gasteiger partial charge in [-0.3, -0.25) is 0 Å². The lowest BCUT2D eigenvalue weighted by Crippen LogP contribution is -2.02. The van der Waals surface area contributed by atoms with Gasteiger partial charge in [-0.25, -0.2) is 14.4 Å². The number of hydrogen-bond donors (Lipinski definition) is 0. The smallest absolute Gasteiger partial charge is 0.201 e. The van der Waals surface area contributed by atoms with Crippen LogP contribution in [0.3, 0.4) is 0 Å². The Balaban J connectivity index is 1.83. The largest absolute Gasteiger partial charge is 0.490 e. The summed E-state index contributed by atoms with van der Waals surface area (Å²) in [6.45, 7) is 2.58. The number of rotatable bonds is 11. The van der Waals surface area contributed by atoms with Gasteiger partial charge in [0.1, 0.15) is 0 Å². The fourth-order valence-corrected chi connectivity index (χ4v) is 2.78. The van der Waals surface area contributed by atoms with Crippen molar-refractivity contribution in [2.75, 3.05) is 6.61 Å². The van der Waals surface area contributed by atoms with Crippen LogP contribution in [0.4, 0.5) is 8.78 Å². The zero-order chi connectivity index (χ0) is 19.5. The Morgan fingerprint density at radius 2 is 1.56 bits per heavy atom. The highest BCUT2D eigenvalue weighted by atomic mass is 19.2. The van der Waals surface area contributed by atoms with Gasteiger partial charge in [0.05, 0.1) is 17.7 Å². The van der Waals surface area contributed by atoms with Gasteiger partial charge >= 0.3 is 0 Å². The van der Waals surface area contributed by atoms with E-state index in [-0.39, 0.29) is 17.1 Å². The SMILES string of the molecule is C#Cc1cnc(-c2ccc(OCCCCCCCCCC)c(F)c2F)nc1. The highest BCUT2D eigenvalue weighted by Crippen LogP contribution is 2.28. The van der Waals surface area contributed by atoms with Gasteiger partial charge in [0.15, 0.2) is 17.4 Å². The maximum Gasteiger partial charge on any atom is 0.201 e. The van der Waals surface area contributed by atoms with E-state index in [9.17, 15) is 8.78 Å². The summed E-state index contributed by atoms with van der Waals surface area (Å²) in [7, 11) is 0. The molecule has 0 aliphatic rings. The minimum Gasteiger partial charge on any atom is -0.490 e. The Labute approximate surface area is 160 Å². The van der Waals surface area contributed by atoms with Crippen molar-refractivity contribution in [2.24, 2.45) is 0 Å². The van der Waals surface area contributed by atoms with Crippen molar-refractivity contribution in [1.82, 2.24) is 9.97 Å². The molecule has 27 heavy (non-hydrogen) atoms. The van der Waals surface area contributed by atoms with Gasteiger partial charge in [-0.1, -0.05) is 57.8 Å². The summed E-state index contributed by atoms with van der Waals surface area (Å²) in [5, 5.41) is 0. The molecule has 0 bridgehead atoms. The Bertz CT molecular complexity index is 754. The van der Waals surface area contributed by atoms with Gasteiger partial charge in [-0.05, 0) is 18.6 Å². The van der Waals surface area contributed by atoms with Crippen LogP contribution in [0.5, 0.6) is 5.75 Å². The highest BCUT2D eigenvalue weighted by Gasteiger charge is 2.17. The molecule has 0 amide bonds. The van der Waals surface area contributed by atoms with E-state index in [0.29, 0.717) is 12.2 Å². The summed E-state index contributed by atoms with van der Waals surface area (Å²) >= 11 is 0. The van der Waals surface area contributed by atoms with Crippen LogP contribution in [0.1, 0.15) is 63.9 Å². The molecule has 0 saturated heterocycles. The molecule has 0 N–H and O–H groups in total. The fraction of sp³-hybridized carbons (Fsp3) is 0.455. The van der Waals surface area contributed by atoms with E-state index in [1.807, 2.05) is 0 Å². The molecular formula is C22H26F2N2O. The third-order valence-electron chi connectivity index (χ3n) is 4.36. The minimum absolute atomic E-state index is 0.0181. The topological polar surface area (TPSA) is 35.0 Å². The molecule has 5 heteroatoms. The molecule has 0 radical (unpaired) electrons. The molecule has 144 valence electrons. The molecule has 0 aliphatic heterocycles. The third kappa shape index (κ3) is 6.32. The van der Waals surface area contributed by atoms with Crippen molar-refractivity contribution >= 4 is 0 Å².